The van der Waals surface area contributed by atoms with Gasteiger partial charge in [-0.1, -0.05) is 5.21 Å². The van der Waals surface area contributed by atoms with Gasteiger partial charge in [0.1, 0.15) is 6.54 Å². The highest BCUT2D eigenvalue weighted by Crippen LogP contribution is 2.03. The number of amides is 1. The van der Waals surface area contributed by atoms with Crippen molar-refractivity contribution >= 4 is 11.9 Å². The predicted molar refractivity (Wildman–Crippen MR) is 71.9 cm³/mol. The van der Waals surface area contributed by atoms with Gasteiger partial charge in [-0.3, -0.25) is 4.79 Å². The minimum Gasteiger partial charge on any atom is -0.476 e. The van der Waals surface area contributed by atoms with E-state index in [0.29, 0.717) is 19.8 Å². The van der Waals surface area contributed by atoms with Crippen molar-refractivity contribution < 1.29 is 24.2 Å². The van der Waals surface area contributed by atoms with Crippen molar-refractivity contribution in [3.63, 3.8) is 0 Å². The molecule has 9 nitrogen and oxygen atoms in total. The molecule has 1 N–H and O–H groups in total. The number of aromatic nitrogens is 3. The summed E-state index contributed by atoms with van der Waals surface area (Å²) in [7, 11) is 3.12. The molecule has 0 bridgehead atoms. The number of aromatic carboxylic acids is 1. The third kappa shape index (κ3) is 5.12. The van der Waals surface area contributed by atoms with Crippen LogP contribution in [0, 0.1) is 0 Å². The minimum absolute atomic E-state index is 0.0853. The zero-order valence-electron chi connectivity index (χ0n) is 12.4. The Kier molecular flexibility index (Phi) is 6.76. The highest BCUT2D eigenvalue weighted by atomic mass is 16.5. The smallest absolute Gasteiger partial charge is 0.358 e. The first-order chi connectivity index (χ1) is 9.99. The van der Waals surface area contributed by atoms with Crippen LogP contribution in [0.3, 0.4) is 0 Å². The molecular weight excluding hydrogens is 280 g/mol. The standard InChI is InChI=1S/C12H20N4O5/c1-9(8-21-3)16(4-5-20-2)11(17)7-15-6-10(12(18)19)13-14-15/h6,9H,4-5,7-8H2,1-3H3,(H,18,19). The fourth-order valence-corrected chi connectivity index (χ4v) is 1.81. The molecule has 1 atom stereocenters. The van der Waals surface area contributed by atoms with Crippen LogP contribution in [-0.2, 0) is 20.8 Å². The highest BCUT2D eigenvalue weighted by Gasteiger charge is 2.21. The van der Waals surface area contributed by atoms with E-state index in [4.69, 9.17) is 14.6 Å². The van der Waals surface area contributed by atoms with Crippen LogP contribution in [0.4, 0.5) is 0 Å². The van der Waals surface area contributed by atoms with Crippen LogP contribution < -0.4 is 0 Å². The minimum atomic E-state index is -1.18. The summed E-state index contributed by atoms with van der Waals surface area (Å²) < 4.78 is 11.2. The average molecular weight is 300 g/mol. The molecule has 21 heavy (non-hydrogen) atoms. The van der Waals surface area contributed by atoms with E-state index in [9.17, 15) is 9.59 Å². The van der Waals surface area contributed by atoms with Crippen molar-refractivity contribution in [1.29, 1.82) is 0 Å². The first kappa shape index (κ1) is 17.1. The molecule has 0 aliphatic heterocycles. The third-order valence-corrected chi connectivity index (χ3v) is 2.85. The van der Waals surface area contributed by atoms with Crippen LogP contribution >= 0.6 is 0 Å². The number of carbonyl (C=O) groups is 2. The van der Waals surface area contributed by atoms with Gasteiger partial charge in [-0.05, 0) is 6.92 Å². The van der Waals surface area contributed by atoms with E-state index in [2.05, 4.69) is 10.3 Å². The third-order valence-electron chi connectivity index (χ3n) is 2.85. The van der Waals surface area contributed by atoms with Gasteiger partial charge in [0.2, 0.25) is 5.91 Å². The lowest BCUT2D eigenvalue weighted by Gasteiger charge is -2.28. The summed E-state index contributed by atoms with van der Waals surface area (Å²) in [5.41, 5.74) is -0.198. The van der Waals surface area contributed by atoms with Crippen LogP contribution in [0.25, 0.3) is 0 Å². The van der Waals surface area contributed by atoms with E-state index in [1.54, 1.807) is 19.1 Å². The normalized spacial score (nSPS) is 12.1. The molecule has 0 saturated heterocycles. The molecule has 1 aromatic rings. The predicted octanol–water partition coefficient (Wildman–Crippen LogP) is -0.514. The zero-order chi connectivity index (χ0) is 15.8. The van der Waals surface area contributed by atoms with Crippen LogP contribution in [0.5, 0.6) is 0 Å². The van der Waals surface area contributed by atoms with Gasteiger partial charge in [0.05, 0.1) is 25.5 Å². The molecule has 0 saturated carbocycles. The topological polar surface area (TPSA) is 107 Å². The highest BCUT2D eigenvalue weighted by molar-refractivity contribution is 5.84. The summed E-state index contributed by atoms with van der Waals surface area (Å²) >= 11 is 0. The van der Waals surface area contributed by atoms with Gasteiger partial charge in [0.15, 0.2) is 5.69 Å². The fourth-order valence-electron chi connectivity index (χ4n) is 1.81. The summed E-state index contributed by atoms with van der Waals surface area (Å²) in [6.07, 6.45) is 1.22. The van der Waals surface area contributed by atoms with Crippen molar-refractivity contribution in [2.45, 2.75) is 19.5 Å². The maximum Gasteiger partial charge on any atom is 0.358 e. The lowest BCUT2D eigenvalue weighted by Crippen LogP contribution is -2.44. The number of nitrogens with zero attached hydrogens (tertiary/aromatic N) is 4. The molecule has 0 aromatic carbocycles. The number of carboxylic acids is 1. The van der Waals surface area contributed by atoms with Crippen molar-refractivity contribution in [3.8, 4) is 0 Å². The monoisotopic (exact) mass is 300 g/mol. The summed E-state index contributed by atoms with van der Waals surface area (Å²) in [5, 5.41) is 15.9. The van der Waals surface area contributed by atoms with Gasteiger partial charge >= 0.3 is 5.97 Å². The molecule has 1 amide bonds. The van der Waals surface area contributed by atoms with E-state index in [0.717, 1.165) is 0 Å². The largest absolute Gasteiger partial charge is 0.476 e. The second kappa shape index (κ2) is 8.32. The molecule has 1 rings (SSSR count). The number of hydrogen-bond donors (Lipinski definition) is 1. The van der Waals surface area contributed by atoms with E-state index in [-0.39, 0.29) is 24.2 Å². The van der Waals surface area contributed by atoms with E-state index < -0.39 is 5.97 Å². The molecular formula is C12H20N4O5. The molecule has 1 heterocycles. The second-order valence-corrected chi connectivity index (χ2v) is 4.49. The second-order valence-electron chi connectivity index (χ2n) is 4.49. The van der Waals surface area contributed by atoms with Crippen molar-refractivity contribution in [2.24, 2.45) is 0 Å². The van der Waals surface area contributed by atoms with Crippen molar-refractivity contribution in [2.75, 3.05) is 34.0 Å². The van der Waals surface area contributed by atoms with Gasteiger partial charge in [-0.2, -0.15) is 0 Å². The molecule has 0 aliphatic carbocycles. The molecule has 0 aliphatic rings. The summed E-state index contributed by atoms with van der Waals surface area (Å²) in [4.78, 5) is 24.6. The van der Waals surface area contributed by atoms with Gasteiger partial charge < -0.3 is 19.5 Å². The molecule has 1 unspecified atom stereocenters. The Bertz CT molecular complexity index is 476. The van der Waals surface area contributed by atoms with Crippen molar-refractivity contribution in [3.05, 3.63) is 11.9 Å². The maximum atomic E-state index is 12.3. The van der Waals surface area contributed by atoms with Gasteiger partial charge in [-0.25, -0.2) is 9.48 Å². The number of rotatable bonds is 9. The lowest BCUT2D eigenvalue weighted by atomic mass is 10.3. The number of ether oxygens (including phenoxy) is 2. The van der Waals surface area contributed by atoms with Gasteiger partial charge in [-0.15, -0.1) is 5.10 Å². The van der Waals surface area contributed by atoms with E-state index in [1.807, 2.05) is 6.92 Å². The first-order valence-electron chi connectivity index (χ1n) is 6.40. The van der Waals surface area contributed by atoms with Crippen LogP contribution in [0.2, 0.25) is 0 Å². The van der Waals surface area contributed by atoms with Crippen LogP contribution in [0.1, 0.15) is 17.4 Å². The Morgan fingerprint density at radius 1 is 1.43 bits per heavy atom. The quantitative estimate of drug-likeness (QED) is 0.654. The number of methoxy groups -OCH3 is 2. The average Bonchev–Trinajstić information content (AvgIpc) is 2.88. The Morgan fingerprint density at radius 3 is 2.67 bits per heavy atom. The van der Waals surface area contributed by atoms with Gasteiger partial charge in [0, 0.05) is 20.8 Å². The molecule has 9 heteroatoms. The Balaban J connectivity index is 2.71. The summed E-state index contributed by atoms with van der Waals surface area (Å²) in [6.45, 7) is 2.99. The Labute approximate surface area is 122 Å². The van der Waals surface area contributed by atoms with E-state index >= 15 is 0 Å². The fraction of sp³-hybridized carbons (Fsp3) is 0.667. The number of carbonyl (C=O) groups excluding carboxylic acids is 1. The molecule has 1 aromatic heterocycles. The Morgan fingerprint density at radius 2 is 2.14 bits per heavy atom. The first-order valence-corrected chi connectivity index (χ1v) is 6.40. The Hall–Kier alpha value is -2.00. The van der Waals surface area contributed by atoms with Gasteiger partial charge in [0.25, 0.3) is 0 Å². The summed E-state index contributed by atoms with van der Waals surface area (Å²) in [5.74, 6) is -1.39. The van der Waals surface area contributed by atoms with Crippen molar-refractivity contribution in [1.82, 2.24) is 19.9 Å². The molecule has 0 radical (unpaired) electrons. The van der Waals surface area contributed by atoms with Crippen LogP contribution in [0.15, 0.2) is 6.20 Å². The molecule has 118 valence electrons. The number of hydrogen-bond acceptors (Lipinski definition) is 6. The zero-order valence-corrected chi connectivity index (χ0v) is 12.4. The molecule has 0 spiro atoms. The maximum absolute atomic E-state index is 12.3. The van der Waals surface area contributed by atoms with E-state index in [1.165, 1.54) is 10.9 Å². The lowest BCUT2D eigenvalue weighted by molar-refractivity contribution is -0.135. The molecule has 0 fully saturated rings. The number of carboxylic acid groups (broad SMARTS) is 1. The SMILES string of the molecule is COCCN(C(=O)Cn1cc(C(=O)O)nn1)C(C)COC. The van der Waals surface area contributed by atoms with Crippen LogP contribution in [-0.4, -0.2) is 76.9 Å². The summed E-state index contributed by atoms with van der Waals surface area (Å²) in [6, 6.07) is -0.125.